The molecule has 0 radical (unpaired) electrons. The molecule has 0 fully saturated rings. The van der Waals surface area contributed by atoms with Gasteiger partial charge in [0.1, 0.15) is 34.7 Å². The quantitative estimate of drug-likeness (QED) is 0.549. The van der Waals surface area contributed by atoms with Crippen molar-refractivity contribution in [1.29, 1.82) is 0 Å². The second-order valence-electron chi connectivity index (χ2n) is 6.07. The van der Waals surface area contributed by atoms with Gasteiger partial charge in [-0.2, -0.15) is 0 Å². The van der Waals surface area contributed by atoms with Gasteiger partial charge in [-0.15, -0.1) is 11.3 Å². The van der Waals surface area contributed by atoms with Gasteiger partial charge in [-0.1, -0.05) is 12.1 Å². The Bertz CT molecular complexity index is 971. The van der Waals surface area contributed by atoms with Crippen LogP contribution < -0.4 is 4.74 Å². The van der Waals surface area contributed by atoms with Gasteiger partial charge >= 0.3 is 0 Å². The average Bonchev–Trinajstić information content (AvgIpc) is 3.20. The number of carbonyl (C=O) groups is 1. The number of ether oxygens (including phenoxy) is 1. The normalized spacial score (nSPS) is 10.7. The Morgan fingerprint density at radius 2 is 1.93 bits per heavy atom. The first-order chi connectivity index (χ1) is 13.5. The van der Waals surface area contributed by atoms with Crippen molar-refractivity contribution >= 4 is 17.2 Å². The van der Waals surface area contributed by atoms with E-state index >= 15 is 0 Å². The molecule has 28 heavy (non-hydrogen) atoms. The number of benzene rings is 2. The molecule has 1 amide bonds. The molecule has 0 atom stereocenters. The highest BCUT2D eigenvalue weighted by Gasteiger charge is 2.17. The Morgan fingerprint density at radius 1 is 1.14 bits per heavy atom. The van der Waals surface area contributed by atoms with E-state index in [1.807, 2.05) is 19.9 Å². The van der Waals surface area contributed by atoms with Gasteiger partial charge in [-0.3, -0.25) is 4.79 Å². The summed E-state index contributed by atoms with van der Waals surface area (Å²) < 4.78 is 32.6. The molecule has 2 aromatic carbocycles. The van der Waals surface area contributed by atoms with E-state index in [0.29, 0.717) is 29.5 Å². The van der Waals surface area contributed by atoms with Crippen LogP contribution in [0.2, 0.25) is 0 Å². The Kier molecular flexibility index (Phi) is 6.36. The summed E-state index contributed by atoms with van der Waals surface area (Å²) in [5.41, 5.74) is 1.35. The minimum Gasteiger partial charge on any atom is -0.489 e. The minimum atomic E-state index is -0.517. The molecule has 0 spiro atoms. The fraction of sp³-hybridized carbons (Fsp3) is 0.238. The van der Waals surface area contributed by atoms with Crippen LogP contribution in [-0.2, 0) is 6.61 Å². The van der Waals surface area contributed by atoms with E-state index in [1.165, 1.54) is 11.3 Å². The molecule has 4 nitrogen and oxygen atoms in total. The van der Waals surface area contributed by atoms with Crippen molar-refractivity contribution in [2.75, 3.05) is 13.1 Å². The van der Waals surface area contributed by atoms with Crippen LogP contribution >= 0.6 is 11.3 Å². The van der Waals surface area contributed by atoms with Crippen molar-refractivity contribution in [3.8, 4) is 16.3 Å². The number of carbonyl (C=O) groups excluding carboxylic acids is 1. The van der Waals surface area contributed by atoms with Crippen LogP contribution in [0.1, 0.15) is 29.9 Å². The zero-order valence-corrected chi connectivity index (χ0v) is 16.4. The molecule has 1 aromatic heterocycles. The Balaban J connectivity index is 1.75. The number of thiazole rings is 1. The van der Waals surface area contributed by atoms with Gasteiger partial charge < -0.3 is 9.64 Å². The minimum absolute atomic E-state index is 0.0867. The van der Waals surface area contributed by atoms with E-state index in [4.69, 9.17) is 4.74 Å². The summed E-state index contributed by atoms with van der Waals surface area (Å²) in [7, 11) is 0. The molecule has 0 aliphatic heterocycles. The molecule has 0 bridgehead atoms. The molecule has 0 aliphatic rings. The summed E-state index contributed by atoms with van der Waals surface area (Å²) in [6, 6.07) is 10.4. The van der Waals surface area contributed by atoms with Crippen molar-refractivity contribution in [3.63, 3.8) is 0 Å². The van der Waals surface area contributed by atoms with Gasteiger partial charge in [0.25, 0.3) is 5.91 Å². The standard InChI is InChI=1S/C21H20F2N2O2S/c1-3-25(4-2)21(26)19-13-28-20(24-19)14-6-5-7-17(11-14)27-12-15-10-16(22)8-9-18(15)23/h5-11,13H,3-4,12H2,1-2H3. The van der Waals surface area contributed by atoms with Crippen molar-refractivity contribution in [2.24, 2.45) is 0 Å². The predicted molar refractivity (Wildman–Crippen MR) is 105 cm³/mol. The highest BCUT2D eigenvalue weighted by atomic mass is 32.1. The first-order valence-electron chi connectivity index (χ1n) is 8.93. The Hall–Kier alpha value is -2.80. The topological polar surface area (TPSA) is 42.4 Å². The largest absolute Gasteiger partial charge is 0.489 e. The maximum absolute atomic E-state index is 13.7. The number of halogens is 2. The summed E-state index contributed by atoms with van der Waals surface area (Å²) in [5, 5.41) is 2.43. The van der Waals surface area contributed by atoms with Crippen LogP contribution in [0.5, 0.6) is 5.75 Å². The maximum atomic E-state index is 13.7. The van der Waals surface area contributed by atoms with Gasteiger partial charge in [-0.25, -0.2) is 13.8 Å². The number of amides is 1. The molecule has 0 N–H and O–H groups in total. The van der Waals surface area contributed by atoms with Crippen LogP contribution in [0, 0.1) is 11.6 Å². The molecule has 0 aliphatic carbocycles. The predicted octanol–water partition coefficient (Wildman–Crippen LogP) is 5.15. The smallest absolute Gasteiger partial charge is 0.273 e. The molecule has 0 saturated heterocycles. The Labute approximate surface area is 166 Å². The highest BCUT2D eigenvalue weighted by molar-refractivity contribution is 7.13. The van der Waals surface area contributed by atoms with E-state index in [9.17, 15) is 13.6 Å². The number of hydrogen-bond donors (Lipinski definition) is 0. The molecule has 0 unspecified atom stereocenters. The summed E-state index contributed by atoms with van der Waals surface area (Å²) in [4.78, 5) is 18.6. The summed E-state index contributed by atoms with van der Waals surface area (Å²) in [5.74, 6) is -0.617. The van der Waals surface area contributed by atoms with Gasteiger partial charge in [0, 0.05) is 29.6 Å². The lowest BCUT2D eigenvalue weighted by molar-refractivity contribution is 0.0768. The molecular weight excluding hydrogens is 382 g/mol. The van der Waals surface area contributed by atoms with Crippen LogP contribution in [0.15, 0.2) is 47.8 Å². The molecule has 3 rings (SSSR count). The van der Waals surface area contributed by atoms with Crippen LogP contribution in [0.4, 0.5) is 8.78 Å². The van der Waals surface area contributed by atoms with Gasteiger partial charge in [0.05, 0.1) is 0 Å². The monoisotopic (exact) mass is 402 g/mol. The molecule has 3 aromatic rings. The third kappa shape index (κ3) is 4.54. The summed E-state index contributed by atoms with van der Waals surface area (Å²) in [6.07, 6.45) is 0. The third-order valence-electron chi connectivity index (χ3n) is 4.26. The van der Waals surface area contributed by atoms with Crippen LogP contribution in [0.3, 0.4) is 0 Å². The van der Waals surface area contributed by atoms with Gasteiger partial charge in [0.15, 0.2) is 0 Å². The second-order valence-corrected chi connectivity index (χ2v) is 6.93. The van der Waals surface area contributed by atoms with Crippen LogP contribution in [0.25, 0.3) is 10.6 Å². The van der Waals surface area contributed by atoms with E-state index in [1.54, 1.807) is 28.5 Å². The van der Waals surface area contributed by atoms with Crippen molar-refractivity contribution in [1.82, 2.24) is 9.88 Å². The van der Waals surface area contributed by atoms with Gasteiger partial charge in [0.2, 0.25) is 0 Å². The third-order valence-corrected chi connectivity index (χ3v) is 5.15. The average molecular weight is 402 g/mol. The lowest BCUT2D eigenvalue weighted by Gasteiger charge is -2.16. The highest BCUT2D eigenvalue weighted by Crippen LogP contribution is 2.28. The summed E-state index contributed by atoms with van der Waals surface area (Å²) in [6.45, 7) is 5.02. The first kappa shape index (κ1) is 19.9. The van der Waals surface area contributed by atoms with Gasteiger partial charge in [-0.05, 0) is 44.2 Å². The van der Waals surface area contributed by atoms with E-state index in [2.05, 4.69) is 4.98 Å². The SMILES string of the molecule is CCN(CC)C(=O)c1csc(-c2cccc(OCc3cc(F)ccc3F)c2)n1. The first-order valence-corrected chi connectivity index (χ1v) is 9.81. The zero-order valence-electron chi connectivity index (χ0n) is 15.6. The lowest BCUT2D eigenvalue weighted by atomic mass is 10.2. The second kappa shape index (κ2) is 8.93. The van der Waals surface area contributed by atoms with E-state index < -0.39 is 11.6 Å². The lowest BCUT2D eigenvalue weighted by Crippen LogP contribution is -2.30. The van der Waals surface area contributed by atoms with Crippen LogP contribution in [-0.4, -0.2) is 28.9 Å². The van der Waals surface area contributed by atoms with E-state index in [0.717, 1.165) is 23.8 Å². The Morgan fingerprint density at radius 3 is 2.68 bits per heavy atom. The van der Waals surface area contributed by atoms with Crippen molar-refractivity contribution in [2.45, 2.75) is 20.5 Å². The number of nitrogens with zero attached hydrogens (tertiary/aromatic N) is 2. The zero-order chi connectivity index (χ0) is 20.1. The fourth-order valence-corrected chi connectivity index (χ4v) is 3.50. The van der Waals surface area contributed by atoms with E-state index in [-0.39, 0.29) is 18.1 Å². The van der Waals surface area contributed by atoms with Crippen molar-refractivity contribution in [3.05, 3.63) is 70.7 Å². The summed E-state index contributed by atoms with van der Waals surface area (Å²) >= 11 is 1.37. The number of aromatic nitrogens is 1. The van der Waals surface area contributed by atoms with Crippen molar-refractivity contribution < 1.29 is 18.3 Å². The molecular formula is C21H20F2N2O2S. The fourth-order valence-electron chi connectivity index (χ4n) is 2.71. The molecule has 0 saturated carbocycles. The molecule has 7 heteroatoms. The molecule has 146 valence electrons. The number of hydrogen-bond acceptors (Lipinski definition) is 4. The number of rotatable bonds is 7. The molecule has 1 heterocycles. The maximum Gasteiger partial charge on any atom is 0.273 e.